The van der Waals surface area contributed by atoms with Crippen molar-refractivity contribution in [2.75, 3.05) is 13.7 Å². The van der Waals surface area contributed by atoms with Gasteiger partial charge in [-0.15, -0.1) is 0 Å². The van der Waals surface area contributed by atoms with Crippen LogP contribution in [-0.2, 0) is 13.0 Å². The van der Waals surface area contributed by atoms with Gasteiger partial charge in [0.05, 0.1) is 12.7 Å². The highest BCUT2D eigenvalue weighted by molar-refractivity contribution is 6.02. The van der Waals surface area contributed by atoms with E-state index in [4.69, 9.17) is 10.5 Å². The SMILES string of the molecule is CCCCc1c(-c2ccc(OC)cc2)c(C(N)=O)c(C)n1CCCO. The fourth-order valence-corrected chi connectivity index (χ4v) is 3.30. The third-order valence-electron chi connectivity index (χ3n) is 4.56. The molecule has 0 atom stereocenters. The highest BCUT2D eigenvalue weighted by Gasteiger charge is 2.24. The summed E-state index contributed by atoms with van der Waals surface area (Å²) in [5.41, 5.74) is 10.2. The first-order valence-corrected chi connectivity index (χ1v) is 8.82. The van der Waals surface area contributed by atoms with E-state index >= 15 is 0 Å². The van der Waals surface area contributed by atoms with Crippen molar-refractivity contribution in [1.82, 2.24) is 4.57 Å². The van der Waals surface area contributed by atoms with Crippen molar-refractivity contribution in [2.45, 2.75) is 46.1 Å². The van der Waals surface area contributed by atoms with Gasteiger partial charge in [-0.2, -0.15) is 0 Å². The Hall–Kier alpha value is -2.27. The van der Waals surface area contributed by atoms with Crippen molar-refractivity contribution < 1.29 is 14.6 Å². The minimum absolute atomic E-state index is 0.120. The molecule has 2 rings (SSSR count). The number of methoxy groups -OCH3 is 1. The molecule has 0 aliphatic carbocycles. The van der Waals surface area contributed by atoms with Gasteiger partial charge in [-0.05, 0) is 43.9 Å². The summed E-state index contributed by atoms with van der Waals surface area (Å²) in [4.78, 5) is 12.2. The second-order valence-electron chi connectivity index (χ2n) is 6.21. The lowest BCUT2D eigenvalue weighted by Crippen LogP contribution is -2.13. The van der Waals surface area contributed by atoms with E-state index in [0.29, 0.717) is 18.5 Å². The van der Waals surface area contributed by atoms with Crippen LogP contribution >= 0.6 is 0 Å². The number of carbonyl (C=O) groups excluding carboxylic acids is 1. The molecule has 5 nitrogen and oxygen atoms in total. The maximum atomic E-state index is 12.2. The highest BCUT2D eigenvalue weighted by atomic mass is 16.5. The number of hydrogen-bond donors (Lipinski definition) is 2. The third kappa shape index (κ3) is 4.04. The molecule has 5 heteroatoms. The van der Waals surface area contributed by atoms with E-state index in [1.807, 2.05) is 31.2 Å². The van der Waals surface area contributed by atoms with Crippen LogP contribution in [0.2, 0.25) is 0 Å². The number of aliphatic hydroxyl groups is 1. The van der Waals surface area contributed by atoms with Gasteiger partial charge in [0.2, 0.25) is 0 Å². The Kier molecular flexibility index (Phi) is 6.65. The summed E-state index contributed by atoms with van der Waals surface area (Å²) in [6, 6.07) is 7.71. The van der Waals surface area contributed by atoms with Crippen molar-refractivity contribution >= 4 is 5.91 Å². The number of carbonyl (C=O) groups is 1. The molecular formula is C20H28N2O3. The first-order chi connectivity index (χ1) is 12.0. The highest BCUT2D eigenvalue weighted by Crippen LogP contribution is 2.34. The van der Waals surface area contributed by atoms with Gasteiger partial charge in [-0.3, -0.25) is 4.79 Å². The van der Waals surface area contributed by atoms with Crippen molar-refractivity contribution in [1.29, 1.82) is 0 Å². The van der Waals surface area contributed by atoms with Crippen LogP contribution in [-0.4, -0.2) is 29.3 Å². The van der Waals surface area contributed by atoms with E-state index in [0.717, 1.165) is 47.5 Å². The van der Waals surface area contributed by atoms with Crippen molar-refractivity contribution in [2.24, 2.45) is 5.73 Å². The number of amides is 1. The summed E-state index contributed by atoms with van der Waals surface area (Å²) in [5.74, 6) is 0.361. The molecule has 0 spiro atoms. The maximum Gasteiger partial charge on any atom is 0.251 e. The number of rotatable bonds is 9. The Morgan fingerprint density at radius 1 is 1.24 bits per heavy atom. The van der Waals surface area contributed by atoms with Crippen LogP contribution in [0.25, 0.3) is 11.1 Å². The average Bonchev–Trinajstić information content (AvgIpc) is 2.90. The van der Waals surface area contributed by atoms with Crippen LogP contribution in [0.5, 0.6) is 5.75 Å². The number of unbranched alkanes of at least 4 members (excludes halogenated alkanes) is 1. The Morgan fingerprint density at radius 2 is 1.92 bits per heavy atom. The molecule has 0 aliphatic rings. The van der Waals surface area contributed by atoms with Gasteiger partial charge in [0.25, 0.3) is 5.91 Å². The fourth-order valence-electron chi connectivity index (χ4n) is 3.30. The number of primary amides is 1. The van der Waals surface area contributed by atoms with E-state index in [1.165, 1.54) is 0 Å². The summed E-state index contributed by atoms with van der Waals surface area (Å²) in [5, 5.41) is 9.23. The summed E-state index contributed by atoms with van der Waals surface area (Å²) >= 11 is 0. The minimum Gasteiger partial charge on any atom is -0.497 e. The quantitative estimate of drug-likeness (QED) is 0.733. The molecule has 0 unspecified atom stereocenters. The number of hydrogen-bond acceptors (Lipinski definition) is 3. The lowest BCUT2D eigenvalue weighted by atomic mass is 9.97. The topological polar surface area (TPSA) is 77.5 Å². The number of aliphatic hydroxyl groups excluding tert-OH is 1. The van der Waals surface area contributed by atoms with E-state index in [-0.39, 0.29) is 6.61 Å². The number of aromatic nitrogens is 1. The smallest absolute Gasteiger partial charge is 0.251 e. The molecule has 1 amide bonds. The first kappa shape index (κ1) is 19.1. The molecule has 0 fully saturated rings. The summed E-state index contributed by atoms with van der Waals surface area (Å²) in [7, 11) is 1.63. The van der Waals surface area contributed by atoms with E-state index in [2.05, 4.69) is 11.5 Å². The molecule has 3 N–H and O–H groups in total. The molecule has 0 saturated heterocycles. The van der Waals surface area contributed by atoms with Crippen molar-refractivity contribution in [3.05, 3.63) is 41.2 Å². The largest absolute Gasteiger partial charge is 0.497 e. The van der Waals surface area contributed by atoms with Crippen molar-refractivity contribution in [3.63, 3.8) is 0 Å². The zero-order valence-corrected chi connectivity index (χ0v) is 15.3. The third-order valence-corrected chi connectivity index (χ3v) is 4.56. The number of ether oxygens (including phenoxy) is 1. The number of nitrogens with two attached hydrogens (primary N) is 1. The molecule has 0 aliphatic heterocycles. The molecule has 25 heavy (non-hydrogen) atoms. The zero-order valence-electron chi connectivity index (χ0n) is 15.3. The molecule has 1 heterocycles. The Labute approximate surface area is 149 Å². The molecule has 136 valence electrons. The molecule has 0 radical (unpaired) electrons. The molecule has 0 bridgehead atoms. The summed E-state index contributed by atoms with van der Waals surface area (Å²) in [6.45, 7) is 4.88. The summed E-state index contributed by atoms with van der Waals surface area (Å²) in [6.07, 6.45) is 3.62. The number of nitrogens with zero attached hydrogens (tertiary/aromatic N) is 1. The Balaban J connectivity index is 2.65. The lowest BCUT2D eigenvalue weighted by molar-refractivity contribution is 0.1000. The monoisotopic (exact) mass is 344 g/mol. The average molecular weight is 344 g/mol. The van der Waals surface area contributed by atoms with E-state index in [1.54, 1.807) is 7.11 Å². The van der Waals surface area contributed by atoms with Crippen LogP contribution in [0.3, 0.4) is 0 Å². The molecule has 1 aromatic carbocycles. The second kappa shape index (κ2) is 8.72. The lowest BCUT2D eigenvalue weighted by Gasteiger charge is -2.13. The standard InChI is InChI=1S/C20H28N2O3/c1-4-5-7-17-19(15-8-10-16(25-3)11-9-15)18(20(21)24)14(2)22(17)12-6-13-23/h8-11,23H,4-7,12-13H2,1-3H3,(H2,21,24). The van der Waals surface area contributed by atoms with Crippen molar-refractivity contribution in [3.8, 4) is 16.9 Å². The predicted octanol–water partition coefficient (Wildman–Crippen LogP) is 3.30. The van der Waals surface area contributed by atoms with Crippen LogP contribution in [0.1, 0.15) is 47.9 Å². The Bertz CT molecular complexity index is 718. The molecule has 2 aromatic rings. The van der Waals surface area contributed by atoms with Crippen LogP contribution in [0.4, 0.5) is 0 Å². The van der Waals surface area contributed by atoms with Gasteiger partial charge in [0, 0.05) is 30.1 Å². The fraction of sp³-hybridized carbons (Fsp3) is 0.450. The van der Waals surface area contributed by atoms with Gasteiger partial charge in [-0.25, -0.2) is 0 Å². The molecular weight excluding hydrogens is 316 g/mol. The maximum absolute atomic E-state index is 12.2. The Morgan fingerprint density at radius 3 is 2.44 bits per heavy atom. The normalized spacial score (nSPS) is 10.9. The summed E-state index contributed by atoms with van der Waals surface area (Å²) < 4.78 is 7.38. The van der Waals surface area contributed by atoms with Gasteiger partial charge in [0.1, 0.15) is 5.75 Å². The second-order valence-corrected chi connectivity index (χ2v) is 6.21. The van der Waals surface area contributed by atoms with Gasteiger partial charge >= 0.3 is 0 Å². The zero-order chi connectivity index (χ0) is 18.4. The first-order valence-electron chi connectivity index (χ1n) is 8.82. The minimum atomic E-state index is -0.413. The van der Waals surface area contributed by atoms with Gasteiger partial charge < -0.3 is 20.1 Å². The van der Waals surface area contributed by atoms with E-state index in [9.17, 15) is 9.90 Å². The molecule has 1 aromatic heterocycles. The van der Waals surface area contributed by atoms with Gasteiger partial charge in [0.15, 0.2) is 0 Å². The van der Waals surface area contributed by atoms with E-state index < -0.39 is 5.91 Å². The van der Waals surface area contributed by atoms with Crippen LogP contribution < -0.4 is 10.5 Å². The van der Waals surface area contributed by atoms with Gasteiger partial charge in [-0.1, -0.05) is 25.5 Å². The van der Waals surface area contributed by atoms with Crippen LogP contribution in [0, 0.1) is 6.92 Å². The molecule has 0 saturated carbocycles. The predicted molar refractivity (Wildman–Crippen MR) is 100.0 cm³/mol. The number of benzene rings is 1. The van der Waals surface area contributed by atoms with Crippen LogP contribution in [0.15, 0.2) is 24.3 Å².